The van der Waals surface area contributed by atoms with Crippen LogP contribution in [0.15, 0.2) is 12.1 Å². The van der Waals surface area contributed by atoms with Gasteiger partial charge in [-0.25, -0.2) is 0 Å². The number of rotatable bonds is 3. The number of hydrogen-bond donors (Lipinski definition) is 2. The first-order valence-electron chi connectivity index (χ1n) is 6.31. The van der Waals surface area contributed by atoms with Crippen LogP contribution in [0.3, 0.4) is 0 Å². The monoisotopic (exact) mass is 230 g/mol. The molecule has 0 aliphatic heterocycles. The predicted octanol–water partition coefficient (Wildman–Crippen LogP) is 3.63. The Kier molecular flexibility index (Phi) is 3.25. The van der Waals surface area contributed by atoms with Crippen LogP contribution in [0.5, 0.6) is 0 Å². The van der Waals surface area contributed by atoms with Crippen LogP contribution in [0.1, 0.15) is 42.1 Å². The summed E-state index contributed by atoms with van der Waals surface area (Å²) in [5, 5.41) is 4.68. The van der Waals surface area contributed by atoms with Gasteiger partial charge in [0, 0.05) is 23.1 Å². The van der Waals surface area contributed by atoms with E-state index in [1.54, 1.807) is 0 Å². The maximum Gasteiger partial charge on any atom is 0.0464 e. The van der Waals surface area contributed by atoms with Crippen molar-refractivity contribution < 1.29 is 0 Å². The van der Waals surface area contributed by atoms with E-state index in [9.17, 15) is 0 Å². The minimum Gasteiger partial charge on any atom is -0.358 e. The molecule has 2 aromatic rings. The van der Waals surface area contributed by atoms with Crippen LogP contribution in [0, 0.1) is 13.8 Å². The number of aryl methyl sites for hydroxylation is 2. The SMILES string of the molecule is CNCc1c(C(C)C)[nH]c2cc(C)cc(C)c12. The fourth-order valence-corrected chi connectivity index (χ4v) is 2.68. The molecular formula is C15H22N2. The second-order valence-corrected chi connectivity index (χ2v) is 5.21. The number of benzene rings is 1. The van der Waals surface area contributed by atoms with E-state index in [4.69, 9.17) is 0 Å². The summed E-state index contributed by atoms with van der Waals surface area (Å²) < 4.78 is 0. The van der Waals surface area contributed by atoms with Gasteiger partial charge >= 0.3 is 0 Å². The standard InChI is InChI=1S/C15H22N2/c1-9(2)15-12(8-16-5)14-11(4)6-10(3)7-13(14)17-15/h6-7,9,16-17H,8H2,1-5H3. The Morgan fingerprint density at radius 1 is 1.24 bits per heavy atom. The van der Waals surface area contributed by atoms with Crippen molar-refractivity contribution in [2.24, 2.45) is 0 Å². The van der Waals surface area contributed by atoms with Gasteiger partial charge in [-0.3, -0.25) is 0 Å². The summed E-state index contributed by atoms with van der Waals surface area (Å²) in [7, 11) is 2.01. The number of fused-ring (bicyclic) bond motifs is 1. The normalized spacial score (nSPS) is 11.6. The molecule has 1 aromatic carbocycles. The van der Waals surface area contributed by atoms with Gasteiger partial charge in [0.1, 0.15) is 0 Å². The minimum absolute atomic E-state index is 0.533. The second kappa shape index (κ2) is 4.53. The Morgan fingerprint density at radius 3 is 2.53 bits per heavy atom. The van der Waals surface area contributed by atoms with Gasteiger partial charge in [-0.2, -0.15) is 0 Å². The van der Waals surface area contributed by atoms with E-state index in [-0.39, 0.29) is 0 Å². The number of nitrogens with one attached hydrogen (secondary N) is 2. The Morgan fingerprint density at radius 2 is 1.94 bits per heavy atom. The molecule has 0 spiro atoms. The van der Waals surface area contributed by atoms with Crippen molar-refractivity contribution in [3.63, 3.8) is 0 Å². The topological polar surface area (TPSA) is 27.8 Å². The number of hydrogen-bond acceptors (Lipinski definition) is 1. The van der Waals surface area contributed by atoms with Crippen molar-refractivity contribution in [3.05, 3.63) is 34.5 Å². The first-order valence-corrected chi connectivity index (χ1v) is 6.31. The summed E-state index contributed by atoms with van der Waals surface area (Å²) in [6.07, 6.45) is 0. The number of aromatic nitrogens is 1. The zero-order valence-corrected chi connectivity index (χ0v) is 11.4. The molecule has 2 heteroatoms. The summed E-state index contributed by atoms with van der Waals surface area (Å²) in [6.45, 7) is 9.77. The van der Waals surface area contributed by atoms with Gasteiger partial charge < -0.3 is 10.3 Å². The van der Waals surface area contributed by atoms with Gasteiger partial charge in [0.05, 0.1) is 0 Å². The third-order valence-corrected chi connectivity index (χ3v) is 3.31. The summed E-state index contributed by atoms with van der Waals surface area (Å²) >= 11 is 0. The first-order chi connectivity index (χ1) is 8.04. The van der Waals surface area contributed by atoms with Crippen LogP contribution < -0.4 is 5.32 Å². The van der Waals surface area contributed by atoms with Gasteiger partial charge in [0.15, 0.2) is 0 Å². The smallest absolute Gasteiger partial charge is 0.0464 e. The highest BCUT2D eigenvalue weighted by atomic mass is 14.8. The Hall–Kier alpha value is -1.28. The molecule has 0 amide bonds. The van der Waals surface area contributed by atoms with Gasteiger partial charge in [-0.1, -0.05) is 19.9 Å². The molecule has 17 heavy (non-hydrogen) atoms. The highest BCUT2D eigenvalue weighted by molar-refractivity contribution is 5.88. The summed E-state index contributed by atoms with van der Waals surface area (Å²) in [5.74, 6) is 0.533. The predicted molar refractivity (Wildman–Crippen MR) is 74.6 cm³/mol. The van der Waals surface area contributed by atoms with Crippen molar-refractivity contribution in [2.45, 2.75) is 40.2 Å². The van der Waals surface area contributed by atoms with Crippen molar-refractivity contribution in [1.29, 1.82) is 0 Å². The lowest BCUT2D eigenvalue weighted by molar-refractivity contribution is 0.768. The molecule has 0 unspecified atom stereocenters. The fourth-order valence-electron chi connectivity index (χ4n) is 2.68. The highest BCUT2D eigenvalue weighted by Gasteiger charge is 2.15. The zero-order chi connectivity index (χ0) is 12.6. The molecule has 0 radical (unpaired) electrons. The van der Waals surface area contributed by atoms with Crippen LogP contribution in [-0.2, 0) is 6.54 Å². The maximum atomic E-state index is 3.59. The second-order valence-electron chi connectivity index (χ2n) is 5.21. The van der Waals surface area contributed by atoms with Crippen LogP contribution in [0.25, 0.3) is 10.9 Å². The molecule has 0 aliphatic rings. The third-order valence-electron chi connectivity index (χ3n) is 3.31. The molecule has 0 fully saturated rings. The molecule has 0 saturated carbocycles. The Bertz CT molecular complexity index is 535. The maximum absolute atomic E-state index is 3.59. The molecule has 0 bridgehead atoms. The summed E-state index contributed by atoms with van der Waals surface area (Å²) in [4.78, 5) is 3.59. The number of aromatic amines is 1. The quantitative estimate of drug-likeness (QED) is 0.828. The van der Waals surface area contributed by atoms with Crippen LogP contribution in [0.2, 0.25) is 0 Å². The zero-order valence-electron chi connectivity index (χ0n) is 11.4. The molecule has 0 saturated heterocycles. The third kappa shape index (κ3) is 2.09. The van der Waals surface area contributed by atoms with Gasteiger partial charge in [0.2, 0.25) is 0 Å². The molecule has 2 nitrogen and oxygen atoms in total. The van der Waals surface area contributed by atoms with Crippen LogP contribution in [0.4, 0.5) is 0 Å². The van der Waals surface area contributed by atoms with E-state index >= 15 is 0 Å². The van der Waals surface area contributed by atoms with Crippen molar-refractivity contribution in [3.8, 4) is 0 Å². The Labute approximate surface area is 103 Å². The summed E-state index contributed by atoms with van der Waals surface area (Å²) in [5.41, 5.74) is 6.76. The van der Waals surface area contributed by atoms with Gasteiger partial charge in [-0.15, -0.1) is 0 Å². The largest absolute Gasteiger partial charge is 0.358 e. The fraction of sp³-hybridized carbons (Fsp3) is 0.467. The van der Waals surface area contributed by atoms with E-state index < -0.39 is 0 Å². The molecular weight excluding hydrogens is 208 g/mol. The lowest BCUT2D eigenvalue weighted by atomic mass is 10.00. The van der Waals surface area contributed by atoms with E-state index in [1.807, 2.05) is 7.05 Å². The minimum atomic E-state index is 0.533. The van der Waals surface area contributed by atoms with Gasteiger partial charge in [0.25, 0.3) is 0 Å². The van der Waals surface area contributed by atoms with Crippen LogP contribution >= 0.6 is 0 Å². The van der Waals surface area contributed by atoms with Crippen LogP contribution in [-0.4, -0.2) is 12.0 Å². The summed E-state index contributed by atoms with van der Waals surface area (Å²) in [6, 6.07) is 4.51. The van der Waals surface area contributed by atoms with E-state index in [0.29, 0.717) is 5.92 Å². The molecule has 0 aliphatic carbocycles. The average molecular weight is 230 g/mol. The molecule has 92 valence electrons. The molecule has 2 N–H and O–H groups in total. The molecule has 1 heterocycles. The molecule has 0 atom stereocenters. The van der Waals surface area contributed by atoms with Crippen molar-refractivity contribution >= 4 is 10.9 Å². The van der Waals surface area contributed by atoms with Crippen molar-refractivity contribution in [1.82, 2.24) is 10.3 Å². The van der Waals surface area contributed by atoms with E-state index in [1.165, 1.54) is 33.3 Å². The molecule has 1 aromatic heterocycles. The molecule has 2 rings (SSSR count). The van der Waals surface area contributed by atoms with Crippen molar-refractivity contribution in [2.75, 3.05) is 7.05 Å². The Balaban J connectivity index is 2.75. The van der Waals surface area contributed by atoms with Gasteiger partial charge in [-0.05, 0) is 49.6 Å². The van der Waals surface area contributed by atoms with E-state index in [0.717, 1.165) is 6.54 Å². The van der Waals surface area contributed by atoms with E-state index in [2.05, 4.69) is 50.1 Å². The first kappa shape index (κ1) is 12.2. The lowest BCUT2D eigenvalue weighted by Crippen LogP contribution is -2.07. The highest BCUT2D eigenvalue weighted by Crippen LogP contribution is 2.30. The average Bonchev–Trinajstić information content (AvgIpc) is 2.57. The lowest BCUT2D eigenvalue weighted by Gasteiger charge is -2.08. The number of H-pyrrole nitrogens is 1.